The monoisotopic (exact) mass is 460 g/mol. The van der Waals surface area contributed by atoms with E-state index in [0.717, 1.165) is 32.1 Å². The number of ether oxygens (including phenoxy) is 4. The molecule has 1 aliphatic rings. The minimum Gasteiger partial charge on any atom is -0.414 e. The van der Waals surface area contributed by atoms with Crippen LogP contribution in [0.15, 0.2) is 12.2 Å². The van der Waals surface area contributed by atoms with Crippen molar-refractivity contribution in [1.29, 1.82) is 0 Å². The van der Waals surface area contributed by atoms with Gasteiger partial charge < -0.3 is 28.5 Å². The van der Waals surface area contributed by atoms with Crippen LogP contribution in [0.3, 0.4) is 0 Å². The van der Waals surface area contributed by atoms with Crippen LogP contribution in [0.5, 0.6) is 0 Å². The van der Waals surface area contributed by atoms with Gasteiger partial charge in [-0.2, -0.15) is 0 Å². The summed E-state index contributed by atoms with van der Waals surface area (Å²) in [6.45, 7) is 15.1. The highest BCUT2D eigenvalue weighted by atomic mass is 28.4. The van der Waals surface area contributed by atoms with Gasteiger partial charge in [-0.15, -0.1) is 0 Å². The van der Waals surface area contributed by atoms with Gasteiger partial charge in [-0.3, -0.25) is 0 Å². The van der Waals surface area contributed by atoms with Crippen molar-refractivity contribution in [1.82, 2.24) is 0 Å². The van der Waals surface area contributed by atoms with Crippen molar-refractivity contribution in [2.45, 2.75) is 109 Å². The second kappa shape index (κ2) is 14.8. The molecular weight excluding hydrogens is 412 g/mol. The van der Waals surface area contributed by atoms with Gasteiger partial charge in [0.05, 0.1) is 31.5 Å². The van der Waals surface area contributed by atoms with Crippen LogP contribution >= 0.6 is 0 Å². The minimum atomic E-state index is -1.69. The van der Waals surface area contributed by atoms with E-state index in [1.807, 2.05) is 0 Å². The first-order valence-electron chi connectivity index (χ1n) is 11.9. The van der Waals surface area contributed by atoms with Gasteiger partial charge in [-0.05, 0) is 63.6 Å². The lowest BCUT2D eigenvalue weighted by Gasteiger charge is -2.38. The van der Waals surface area contributed by atoms with Crippen molar-refractivity contribution in [3.8, 4) is 0 Å². The van der Waals surface area contributed by atoms with Crippen LogP contribution in [0.25, 0.3) is 0 Å². The Kier molecular flexibility index (Phi) is 13.7. The summed E-state index contributed by atoms with van der Waals surface area (Å²) >= 11 is 0. The quantitative estimate of drug-likeness (QED) is 0.159. The van der Waals surface area contributed by atoms with Crippen LogP contribution in [0.1, 0.15) is 66.2 Å². The average Bonchev–Trinajstić information content (AvgIpc) is 2.68. The molecule has 0 aliphatic carbocycles. The number of aliphatic hydroxyl groups is 1. The fourth-order valence-corrected chi connectivity index (χ4v) is 4.93. The Hall–Kier alpha value is -0.283. The van der Waals surface area contributed by atoms with E-state index in [-0.39, 0.29) is 36.7 Å². The molecule has 0 aromatic rings. The molecule has 0 radical (unpaired) electrons. The molecule has 184 valence electrons. The molecule has 0 aromatic heterocycles. The van der Waals surface area contributed by atoms with E-state index in [1.54, 1.807) is 7.11 Å². The summed E-state index contributed by atoms with van der Waals surface area (Å²) in [5.74, 6) is 0. The predicted molar refractivity (Wildman–Crippen MR) is 128 cm³/mol. The van der Waals surface area contributed by atoms with Gasteiger partial charge in [-0.1, -0.05) is 32.9 Å². The van der Waals surface area contributed by atoms with E-state index in [2.05, 4.69) is 52.9 Å². The van der Waals surface area contributed by atoms with Crippen molar-refractivity contribution in [3.63, 3.8) is 0 Å². The highest BCUT2D eigenvalue weighted by Gasteiger charge is 2.38. The molecule has 0 unspecified atom stereocenters. The lowest BCUT2D eigenvalue weighted by Crippen LogP contribution is -2.43. The largest absolute Gasteiger partial charge is 0.414 e. The average molecular weight is 461 g/mol. The molecule has 0 saturated carbocycles. The topological polar surface area (TPSA) is 66.4 Å². The Morgan fingerprint density at radius 1 is 1.19 bits per heavy atom. The molecule has 1 saturated heterocycles. The molecule has 0 bridgehead atoms. The SMILES string of the molecule is COCCOCO[C@@H]1CC[C@@H](/C=C/CCC[C@@H](C)O[Si](C)(C)C(C)(C)C)O[C@@H]1CCO. The summed E-state index contributed by atoms with van der Waals surface area (Å²) in [5.41, 5.74) is 0. The lowest BCUT2D eigenvalue weighted by molar-refractivity contribution is -0.174. The first kappa shape index (κ1) is 28.7. The summed E-state index contributed by atoms with van der Waals surface area (Å²) in [6.07, 6.45) is 10.3. The van der Waals surface area contributed by atoms with E-state index in [9.17, 15) is 5.11 Å². The molecule has 1 aliphatic heterocycles. The third-order valence-electron chi connectivity index (χ3n) is 6.34. The molecule has 6 nitrogen and oxygen atoms in total. The molecule has 1 rings (SSSR count). The summed E-state index contributed by atoms with van der Waals surface area (Å²) in [5, 5.41) is 9.63. The number of aliphatic hydroxyl groups excluding tert-OH is 1. The number of unbranched alkanes of at least 4 members (excludes halogenated alkanes) is 1. The van der Waals surface area contributed by atoms with Crippen LogP contribution in [0.2, 0.25) is 18.1 Å². The summed E-state index contributed by atoms with van der Waals surface area (Å²) in [6, 6.07) is 0. The normalized spacial score (nSPS) is 24.1. The Bertz CT molecular complexity index is 491. The molecule has 1 N–H and O–H groups in total. The van der Waals surface area contributed by atoms with Crippen LogP contribution in [0, 0.1) is 0 Å². The third-order valence-corrected chi connectivity index (χ3v) is 10.9. The van der Waals surface area contributed by atoms with E-state index in [0.29, 0.717) is 25.7 Å². The van der Waals surface area contributed by atoms with E-state index in [4.69, 9.17) is 23.4 Å². The molecule has 7 heteroatoms. The molecule has 0 amide bonds. The summed E-state index contributed by atoms with van der Waals surface area (Å²) in [7, 11) is -0.0409. The second-order valence-electron chi connectivity index (χ2n) is 10.1. The molecule has 0 aromatic carbocycles. The zero-order chi connectivity index (χ0) is 23.3. The maximum absolute atomic E-state index is 9.38. The van der Waals surface area contributed by atoms with Gasteiger partial charge >= 0.3 is 0 Å². The third kappa shape index (κ3) is 11.4. The Balaban J connectivity index is 2.32. The smallest absolute Gasteiger partial charge is 0.192 e. The second-order valence-corrected chi connectivity index (χ2v) is 14.8. The zero-order valence-electron chi connectivity index (χ0n) is 21.0. The maximum Gasteiger partial charge on any atom is 0.192 e. The highest BCUT2D eigenvalue weighted by Crippen LogP contribution is 2.37. The molecule has 1 fully saturated rings. The van der Waals surface area contributed by atoms with Gasteiger partial charge in [0, 0.05) is 19.8 Å². The van der Waals surface area contributed by atoms with Gasteiger partial charge in [0.25, 0.3) is 0 Å². The highest BCUT2D eigenvalue weighted by molar-refractivity contribution is 6.74. The summed E-state index contributed by atoms with van der Waals surface area (Å²) < 4.78 is 28.8. The molecule has 0 spiro atoms. The number of hydrogen-bond donors (Lipinski definition) is 1. The Morgan fingerprint density at radius 2 is 1.94 bits per heavy atom. The van der Waals surface area contributed by atoms with Gasteiger partial charge in [0.1, 0.15) is 6.79 Å². The van der Waals surface area contributed by atoms with Crippen molar-refractivity contribution < 1.29 is 28.5 Å². The van der Waals surface area contributed by atoms with Gasteiger partial charge in [-0.25, -0.2) is 0 Å². The summed E-state index contributed by atoms with van der Waals surface area (Å²) in [4.78, 5) is 0. The van der Waals surface area contributed by atoms with Gasteiger partial charge in [0.2, 0.25) is 0 Å². The standard InChI is InChI=1S/C24H48O6Si/c1-20(30-31(6,7)24(2,3)4)11-9-8-10-12-21-13-14-22(23(29-21)15-16-25)28-19-27-18-17-26-5/h10,12,20-23,25H,8-9,11,13-19H2,1-7H3/b12-10+/t20-,21-,22-,23-/m1/s1. The Labute approximate surface area is 191 Å². The van der Waals surface area contributed by atoms with E-state index >= 15 is 0 Å². The first-order valence-corrected chi connectivity index (χ1v) is 14.8. The van der Waals surface area contributed by atoms with Crippen LogP contribution in [-0.4, -0.2) is 71.6 Å². The number of methoxy groups -OCH3 is 1. The van der Waals surface area contributed by atoms with Crippen LogP contribution in [-0.2, 0) is 23.4 Å². The first-order chi connectivity index (χ1) is 14.6. The van der Waals surface area contributed by atoms with Crippen molar-refractivity contribution in [3.05, 3.63) is 12.2 Å². The molecule has 31 heavy (non-hydrogen) atoms. The number of hydrogen-bond acceptors (Lipinski definition) is 6. The molecule has 4 atom stereocenters. The zero-order valence-corrected chi connectivity index (χ0v) is 22.0. The van der Waals surface area contributed by atoms with Crippen molar-refractivity contribution in [2.75, 3.05) is 33.7 Å². The van der Waals surface area contributed by atoms with Crippen LogP contribution in [0.4, 0.5) is 0 Å². The maximum atomic E-state index is 9.38. The van der Waals surface area contributed by atoms with E-state index in [1.165, 1.54) is 0 Å². The fraction of sp³-hybridized carbons (Fsp3) is 0.917. The van der Waals surface area contributed by atoms with Crippen LogP contribution < -0.4 is 0 Å². The van der Waals surface area contributed by atoms with Crippen molar-refractivity contribution in [2.24, 2.45) is 0 Å². The minimum absolute atomic E-state index is 0.0346. The predicted octanol–water partition coefficient (Wildman–Crippen LogP) is 5.06. The van der Waals surface area contributed by atoms with Crippen molar-refractivity contribution >= 4 is 8.32 Å². The molecular formula is C24H48O6Si. The fourth-order valence-electron chi connectivity index (χ4n) is 3.45. The lowest BCUT2D eigenvalue weighted by atomic mass is 9.98. The Morgan fingerprint density at radius 3 is 2.58 bits per heavy atom. The number of rotatable bonds is 15. The molecule has 1 heterocycles. The number of allylic oxidation sites excluding steroid dienone is 1. The van der Waals surface area contributed by atoms with Gasteiger partial charge in [0.15, 0.2) is 8.32 Å². The van der Waals surface area contributed by atoms with E-state index < -0.39 is 8.32 Å².